The molecule has 0 saturated heterocycles. The van der Waals surface area contributed by atoms with E-state index in [-0.39, 0.29) is 0 Å². The summed E-state index contributed by atoms with van der Waals surface area (Å²) in [6.07, 6.45) is 1.74. The SMILES string of the molecule is CNc1nc(C)c(-c2ccnc(Nc3cccc(OC)c3)n2)s1. The standard InChI is InChI=1S/C16H17N5OS/c1-10-14(23-16(17-2)19-10)13-7-8-18-15(21-13)20-11-5-4-6-12(9-11)22-3/h4-9H,1-3H3,(H,17,19)(H,18,20,21). The molecule has 0 radical (unpaired) electrons. The lowest BCUT2D eigenvalue weighted by Crippen LogP contribution is -1.98. The highest BCUT2D eigenvalue weighted by molar-refractivity contribution is 7.19. The molecule has 0 aliphatic rings. The van der Waals surface area contributed by atoms with Crippen molar-refractivity contribution < 1.29 is 4.74 Å². The average Bonchev–Trinajstić information content (AvgIpc) is 2.96. The Morgan fingerprint density at radius 3 is 2.78 bits per heavy atom. The van der Waals surface area contributed by atoms with Gasteiger partial charge in [0.2, 0.25) is 5.95 Å². The Kier molecular flexibility index (Phi) is 4.38. The first-order valence-electron chi connectivity index (χ1n) is 7.09. The summed E-state index contributed by atoms with van der Waals surface area (Å²) in [5, 5.41) is 7.13. The van der Waals surface area contributed by atoms with Gasteiger partial charge in [-0.1, -0.05) is 17.4 Å². The van der Waals surface area contributed by atoms with Crippen molar-refractivity contribution in [3.05, 3.63) is 42.2 Å². The number of rotatable bonds is 5. The number of hydrogen-bond donors (Lipinski definition) is 2. The van der Waals surface area contributed by atoms with Crippen molar-refractivity contribution in [1.29, 1.82) is 0 Å². The highest BCUT2D eigenvalue weighted by atomic mass is 32.1. The summed E-state index contributed by atoms with van der Waals surface area (Å²) in [6.45, 7) is 1.98. The van der Waals surface area contributed by atoms with Crippen molar-refractivity contribution in [3.8, 4) is 16.3 Å². The molecule has 3 aromatic rings. The lowest BCUT2D eigenvalue weighted by Gasteiger charge is -2.07. The normalized spacial score (nSPS) is 10.4. The summed E-state index contributed by atoms with van der Waals surface area (Å²) in [7, 11) is 3.50. The fraction of sp³-hybridized carbons (Fsp3) is 0.188. The zero-order valence-electron chi connectivity index (χ0n) is 13.1. The third-order valence-electron chi connectivity index (χ3n) is 3.22. The molecule has 0 atom stereocenters. The van der Waals surface area contributed by atoms with Crippen LogP contribution in [0.2, 0.25) is 0 Å². The molecule has 0 bridgehead atoms. The summed E-state index contributed by atoms with van der Waals surface area (Å²) in [5.74, 6) is 1.32. The zero-order valence-corrected chi connectivity index (χ0v) is 13.9. The number of thiazole rings is 1. The second-order valence-corrected chi connectivity index (χ2v) is 5.81. The van der Waals surface area contributed by atoms with Crippen LogP contribution in [0.5, 0.6) is 5.75 Å². The molecule has 0 aliphatic carbocycles. The topological polar surface area (TPSA) is 72.0 Å². The number of methoxy groups -OCH3 is 1. The molecule has 0 aliphatic heterocycles. The zero-order chi connectivity index (χ0) is 16.2. The summed E-state index contributed by atoms with van der Waals surface area (Å²) in [5.41, 5.74) is 2.67. The highest BCUT2D eigenvalue weighted by Gasteiger charge is 2.11. The lowest BCUT2D eigenvalue weighted by atomic mass is 10.3. The maximum atomic E-state index is 5.22. The molecule has 2 N–H and O–H groups in total. The number of aryl methyl sites for hydroxylation is 1. The predicted octanol–water partition coefficient (Wildman–Crippen LogP) is 3.70. The van der Waals surface area contributed by atoms with Crippen LogP contribution in [0, 0.1) is 6.92 Å². The number of benzene rings is 1. The van der Waals surface area contributed by atoms with Gasteiger partial charge < -0.3 is 15.4 Å². The van der Waals surface area contributed by atoms with E-state index < -0.39 is 0 Å². The van der Waals surface area contributed by atoms with Crippen LogP contribution in [0.4, 0.5) is 16.8 Å². The van der Waals surface area contributed by atoms with E-state index in [1.54, 1.807) is 24.6 Å². The first kappa shape index (κ1) is 15.2. The summed E-state index contributed by atoms with van der Waals surface area (Å²) < 4.78 is 5.22. The second-order valence-electron chi connectivity index (χ2n) is 4.81. The summed E-state index contributed by atoms with van der Waals surface area (Å²) in [6, 6.07) is 9.53. The molecule has 0 saturated carbocycles. The van der Waals surface area contributed by atoms with Crippen molar-refractivity contribution >= 4 is 28.1 Å². The first-order valence-corrected chi connectivity index (χ1v) is 7.91. The van der Waals surface area contributed by atoms with Crippen molar-refractivity contribution in [2.45, 2.75) is 6.92 Å². The number of nitrogens with zero attached hydrogens (tertiary/aromatic N) is 3. The Bertz CT molecular complexity index is 818. The summed E-state index contributed by atoms with van der Waals surface area (Å²) >= 11 is 1.57. The Morgan fingerprint density at radius 2 is 2.04 bits per heavy atom. The Morgan fingerprint density at radius 1 is 1.17 bits per heavy atom. The molecule has 7 heteroatoms. The van der Waals surface area contributed by atoms with Gasteiger partial charge in [-0.3, -0.25) is 0 Å². The number of aromatic nitrogens is 3. The van der Waals surface area contributed by atoms with E-state index in [9.17, 15) is 0 Å². The molecule has 0 amide bonds. The third kappa shape index (κ3) is 3.40. The van der Waals surface area contributed by atoms with Gasteiger partial charge in [-0.2, -0.15) is 0 Å². The quantitative estimate of drug-likeness (QED) is 0.744. The predicted molar refractivity (Wildman–Crippen MR) is 93.7 cm³/mol. The molecule has 0 unspecified atom stereocenters. The van der Waals surface area contributed by atoms with Gasteiger partial charge in [-0.05, 0) is 25.1 Å². The molecular formula is C16H17N5OS. The minimum absolute atomic E-state index is 0.537. The lowest BCUT2D eigenvalue weighted by molar-refractivity contribution is 0.415. The molecule has 3 rings (SSSR count). The molecule has 118 valence electrons. The molecular weight excluding hydrogens is 310 g/mol. The smallest absolute Gasteiger partial charge is 0.227 e. The molecule has 0 spiro atoms. The van der Waals surface area contributed by atoms with E-state index in [0.29, 0.717) is 5.95 Å². The van der Waals surface area contributed by atoms with E-state index in [0.717, 1.165) is 32.8 Å². The van der Waals surface area contributed by atoms with Crippen LogP contribution in [-0.4, -0.2) is 29.1 Å². The van der Waals surface area contributed by atoms with Gasteiger partial charge in [0.1, 0.15) is 5.75 Å². The van der Waals surface area contributed by atoms with Crippen LogP contribution < -0.4 is 15.4 Å². The third-order valence-corrected chi connectivity index (χ3v) is 4.42. The van der Waals surface area contributed by atoms with Crippen molar-refractivity contribution in [3.63, 3.8) is 0 Å². The number of anilines is 3. The van der Waals surface area contributed by atoms with Gasteiger partial charge in [0.15, 0.2) is 5.13 Å². The maximum Gasteiger partial charge on any atom is 0.227 e. The molecule has 2 aromatic heterocycles. The van der Waals surface area contributed by atoms with Crippen LogP contribution in [0.1, 0.15) is 5.69 Å². The minimum Gasteiger partial charge on any atom is -0.497 e. The van der Waals surface area contributed by atoms with Gasteiger partial charge in [0.05, 0.1) is 23.4 Å². The molecule has 1 aromatic carbocycles. The van der Waals surface area contributed by atoms with Crippen LogP contribution in [0.3, 0.4) is 0 Å². The van der Waals surface area contributed by atoms with Crippen LogP contribution in [0.25, 0.3) is 10.6 Å². The van der Waals surface area contributed by atoms with Crippen molar-refractivity contribution in [2.24, 2.45) is 0 Å². The Labute approximate surface area is 138 Å². The Hall–Kier alpha value is -2.67. The van der Waals surface area contributed by atoms with Gasteiger partial charge in [-0.15, -0.1) is 0 Å². The van der Waals surface area contributed by atoms with Crippen LogP contribution in [0.15, 0.2) is 36.5 Å². The van der Waals surface area contributed by atoms with E-state index in [1.807, 2.05) is 44.3 Å². The maximum absolute atomic E-state index is 5.22. The monoisotopic (exact) mass is 327 g/mol. The van der Waals surface area contributed by atoms with Crippen molar-refractivity contribution in [2.75, 3.05) is 24.8 Å². The molecule has 0 fully saturated rings. The van der Waals surface area contributed by atoms with E-state index >= 15 is 0 Å². The van der Waals surface area contributed by atoms with E-state index in [2.05, 4.69) is 25.6 Å². The Balaban J connectivity index is 1.88. The molecule has 2 heterocycles. The highest BCUT2D eigenvalue weighted by Crippen LogP contribution is 2.31. The average molecular weight is 327 g/mol. The number of hydrogen-bond acceptors (Lipinski definition) is 7. The second kappa shape index (κ2) is 6.62. The van der Waals surface area contributed by atoms with E-state index in [1.165, 1.54) is 0 Å². The molecule has 6 nitrogen and oxygen atoms in total. The van der Waals surface area contributed by atoms with Gasteiger partial charge in [0, 0.05) is 25.0 Å². The van der Waals surface area contributed by atoms with Gasteiger partial charge in [-0.25, -0.2) is 15.0 Å². The largest absolute Gasteiger partial charge is 0.497 e. The molecule has 23 heavy (non-hydrogen) atoms. The van der Waals surface area contributed by atoms with Crippen LogP contribution in [-0.2, 0) is 0 Å². The fourth-order valence-electron chi connectivity index (χ4n) is 2.12. The van der Waals surface area contributed by atoms with Crippen molar-refractivity contribution in [1.82, 2.24) is 15.0 Å². The van der Waals surface area contributed by atoms with Crippen LogP contribution >= 0.6 is 11.3 Å². The van der Waals surface area contributed by atoms with E-state index in [4.69, 9.17) is 4.74 Å². The van der Waals surface area contributed by atoms with Gasteiger partial charge in [0.25, 0.3) is 0 Å². The minimum atomic E-state index is 0.537. The fourth-order valence-corrected chi connectivity index (χ4v) is 3.01. The first-order chi connectivity index (χ1) is 11.2. The number of nitrogens with one attached hydrogen (secondary N) is 2. The summed E-state index contributed by atoms with van der Waals surface area (Å²) in [4.78, 5) is 14.3. The van der Waals surface area contributed by atoms with Gasteiger partial charge >= 0.3 is 0 Å². The number of ether oxygens (including phenoxy) is 1.